The van der Waals surface area contributed by atoms with Gasteiger partial charge < -0.3 is 53.7 Å². The number of aliphatic carboxylic acids is 3. The minimum atomic E-state index is -1.20. The van der Waals surface area contributed by atoms with E-state index in [0.717, 1.165) is 16.1 Å². The van der Waals surface area contributed by atoms with Gasteiger partial charge in [0.1, 0.15) is 55.1 Å². The van der Waals surface area contributed by atoms with Crippen LogP contribution in [-0.4, -0.2) is 116 Å². The monoisotopic (exact) mass is 767 g/mol. The molecule has 0 spiro atoms. The Morgan fingerprint density at radius 2 is 1.40 bits per heavy atom. The molecule has 2 radical (unpaired) electrons. The highest BCUT2D eigenvalue weighted by atomic mass is 28.1. The average Bonchev–Trinajstić information content (AvgIpc) is 3.13. The molecule has 2 heterocycles. The van der Waals surface area contributed by atoms with Crippen LogP contribution in [0.1, 0.15) is 16.7 Å². The molecule has 14 nitrogen and oxygen atoms in total. The highest BCUT2D eigenvalue weighted by molar-refractivity contribution is 5.99. The van der Waals surface area contributed by atoms with Gasteiger partial charge in [0.2, 0.25) is 0 Å². The van der Waals surface area contributed by atoms with Crippen molar-refractivity contribution in [2.75, 3.05) is 88.0 Å². The van der Waals surface area contributed by atoms with Crippen LogP contribution in [-0.2, 0) is 19.1 Å². The Hall–Kier alpha value is -6.06. The summed E-state index contributed by atoms with van der Waals surface area (Å²) in [6.07, 6.45) is 0. The van der Waals surface area contributed by atoms with E-state index in [1.807, 2.05) is 80.5 Å². The summed E-state index contributed by atoms with van der Waals surface area (Å²) in [5, 5.41) is 30.1. The van der Waals surface area contributed by atoms with Crippen LogP contribution in [0.4, 0.5) is 17.1 Å². The lowest BCUT2D eigenvalue weighted by molar-refractivity contribution is -0.139. The molecule has 55 heavy (non-hydrogen) atoms. The van der Waals surface area contributed by atoms with Gasteiger partial charge in [-0.25, -0.2) is 4.79 Å². The molecule has 0 saturated carbocycles. The van der Waals surface area contributed by atoms with E-state index < -0.39 is 31.1 Å². The number of hydrogen-bond acceptors (Lipinski definition) is 11. The molecular weight excluding hydrogens is 727 g/mol. The molecule has 2 aliphatic rings. The predicted octanol–water partition coefficient (Wildman–Crippen LogP) is 3.57. The first kappa shape index (κ1) is 38.7. The third kappa shape index (κ3) is 9.19. The molecule has 0 amide bonds. The van der Waals surface area contributed by atoms with Crippen molar-refractivity contribution in [3.8, 4) is 28.7 Å². The molecule has 0 aromatic heterocycles. The zero-order valence-electron chi connectivity index (χ0n) is 30.7. The molecule has 286 valence electrons. The van der Waals surface area contributed by atoms with Crippen LogP contribution in [0.3, 0.4) is 0 Å². The van der Waals surface area contributed by atoms with Gasteiger partial charge in [0.05, 0.1) is 24.6 Å². The van der Waals surface area contributed by atoms with Gasteiger partial charge in [0, 0.05) is 76.8 Å². The van der Waals surface area contributed by atoms with E-state index in [9.17, 15) is 29.7 Å². The normalized spacial score (nSPS) is 14.3. The first-order chi connectivity index (χ1) is 26.4. The molecule has 0 aliphatic carbocycles. The van der Waals surface area contributed by atoms with Gasteiger partial charge in [-0.05, 0) is 53.7 Å². The van der Waals surface area contributed by atoms with E-state index in [4.69, 9.17) is 23.7 Å². The van der Waals surface area contributed by atoms with E-state index in [0.29, 0.717) is 50.5 Å². The molecule has 0 unspecified atom stereocenters. The van der Waals surface area contributed by atoms with Crippen molar-refractivity contribution in [1.29, 1.82) is 0 Å². The van der Waals surface area contributed by atoms with E-state index in [1.165, 1.54) is 0 Å². The molecule has 4 aromatic carbocycles. The molecule has 6 rings (SSSR count). The fourth-order valence-corrected chi connectivity index (χ4v) is 6.68. The molecular formula is C40H41N3O11Si. The molecule has 0 bridgehead atoms. The first-order valence-corrected chi connectivity index (χ1v) is 18.0. The lowest BCUT2D eigenvalue weighted by Gasteiger charge is -2.28. The van der Waals surface area contributed by atoms with Gasteiger partial charge in [-0.15, -0.1) is 0 Å². The molecule has 3 N–H and O–H groups in total. The Balaban J connectivity index is 1.51. The lowest BCUT2D eigenvalue weighted by Crippen LogP contribution is -2.35. The minimum absolute atomic E-state index is 0.00994. The van der Waals surface area contributed by atoms with Crippen molar-refractivity contribution in [1.82, 2.24) is 0 Å². The summed E-state index contributed by atoms with van der Waals surface area (Å²) in [6, 6.07) is 20.2. The average molecular weight is 768 g/mol. The number of hydrogen-bond donors (Lipinski definition) is 3. The Labute approximate surface area is 320 Å². The molecule has 4 aromatic rings. The SMILES string of the molecule is Cc1ccc2c(c1)OCCOc1cc(C3=c4ccc(=[Si])cc4Oc4cc(N(C)C)ccc43)c(OCC(=O)O)cc1N(CC(=O)O)CCOCCN2CC(=O)O. The van der Waals surface area contributed by atoms with E-state index >= 15 is 0 Å². The second-order valence-electron chi connectivity index (χ2n) is 13.2. The quantitative estimate of drug-likeness (QED) is 0.186. The zero-order valence-corrected chi connectivity index (χ0v) is 31.7. The number of nitrogens with zero attached hydrogens (tertiary/aromatic N) is 3. The summed E-state index contributed by atoms with van der Waals surface area (Å²) in [6.45, 7) is 1.11. The number of fused-ring (bicyclic) bond motifs is 4. The van der Waals surface area contributed by atoms with Crippen molar-refractivity contribution in [3.05, 3.63) is 93.5 Å². The van der Waals surface area contributed by atoms with E-state index in [1.54, 1.807) is 21.9 Å². The number of anilines is 3. The van der Waals surface area contributed by atoms with Gasteiger partial charge in [0.25, 0.3) is 0 Å². The van der Waals surface area contributed by atoms with Crippen LogP contribution in [0.2, 0.25) is 0 Å². The van der Waals surface area contributed by atoms with Gasteiger partial charge in [-0.1, -0.05) is 18.2 Å². The molecule has 2 aliphatic heterocycles. The van der Waals surface area contributed by atoms with Gasteiger partial charge in [0.15, 0.2) is 6.61 Å². The van der Waals surface area contributed by atoms with Crippen molar-refractivity contribution in [2.24, 2.45) is 0 Å². The number of aryl methyl sites for hydroxylation is 1. The smallest absolute Gasteiger partial charge is 0.341 e. The predicted molar refractivity (Wildman–Crippen MR) is 205 cm³/mol. The summed E-state index contributed by atoms with van der Waals surface area (Å²) < 4.78 is 31.0. The maximum atomic E-state index is 12.2. The van der Waals surface area contributed by atoms with Crippen molar-refractivity contribution >= 4 is 50.4 Å². The third-order valence-corrected chi connectivity index (χ3v) is 9.27. The summed E-state index contributed by atoms with van der Waals surface area (Å²) in [7, 11) is 7.46. The lowest BCUT2D eigenvalue weighted by atomic mass is 9.91. The van der Waals surface area contributed by atoms with Crippen LogP contribution < -0.4 is 38.9 Å². The molecule has 0 atom stereocenters. The van der Waals surface area contributed by atoms with Crippen molar-refractivity contribution < 1.29 is 53.4 Å². The van der Waals surface area contributed by atoms with Crippen LogP contribution in [0.5, 0.6) is 28.7 Å². The number of rotatable bonds is 9. The zero-order chi connectivity index (χ0) is 39.2. The standard InChI is InChI=1S/C40H41N3O11Si/c1-24-4-9-30-35(16-24)51-14-15-52-36-19-29(40-27-7-5-25(41(2)3)17-33(27)54-34-18-26(55)6-8-28(34)40)32(53-23-39(48)49)20-31(36)43(22-38(46)47)11-13-50-12-10-42(30)21-37(44)45/h4-9,16-20H,10-15,21-23H2,1-3H3,(H,44,45)(H,46,47)(H,48,49). The van der Waals surface area contributed by atoms with Crippen LogP contribution in [0.25, 0.3) is 5.57 Å². The Bertz CT molecular complexity index is 2230. The Morgan fingerprint density at radius 1 is 0.727 bits per heavy atom. The number of carboxylic acids is 3. The second kappa shape index (κ2) is 16.9. The molecule has 0 saturated heterocycles. The number of carboxylic acid groups (broad SMARTS) is 3. The number of benzene rings is 4. The van der Waals surface area contributed by atoms with Crippen LogP contribution in [0, 0.1) is 11.7 Å². The maximum Gasteiger partial charge on any atom is 0.341 e. The highest BCUT2D eigenvalue weighted by Gasteiger charge is 2.27. The van der Waals surface area contributed by atoms with Crippen LogP contribution >= 0.6 is 0 Å². The minimum Gasteiger partial charge on any atom is -0.488 e. The number of carbonyl (C=O) groups is 3. The number of ether oxygens (including phenoxy) is 5. The highest BCUT2D eigenvalue weighted by Crippen LogP contribution is 2.45. The van der Waals surface area contributed by atoms with Gasteiger partial charge in [-0.3, -0.25) is 9.59 Å². The van der Waals surface area contributed by atoms with Gasteiger partial charge >= 0.3 is 17.9 Å². The van der Waals surface area contributed by atoms with E-state index in [2.05, 4.69) is 9.85 Å². The van der Waals surface area contributed by atoms with Crippen molar-refractivity contribution in [3.63, 3.8) is 0 Å². The van der Waals surface area contributed by atoms with E-state index in [-0.39, 0.29) is 57.6 Å². The largest absolute Gasteiger partial charge is 0.488 e. The molecule has 15 heteroatoms. The Kier molecular flexibility index (Phi) is 11.9. The summed E-state index contributed by atoms with van der Waals surface area (Å²) in [5.74, 6) is -1.28. The van der Waals surface area contributed by atoms with Gasteiger partial charge in [-0.2, -0.15) is 0 Å². The Morgan fingerprint density at radius 3 is 2.05 bits per heavy atom. The summed E-state index contributed by atoms with van der Waals surface area (Å²) in [4.78, 5) is 41.9. The molecule has 0 fully saturated rings. The van der Waals surface area contributed by atoms with Crippen LogP contribution in [0.15, 0.2) is 66.7 Å². The van der Waals surface area contributed by atoms with Crippen molar-refractivity contribution in [2.45, 2.75) is 6.92 Å². The topological polar surface area (TPSA) is 168 Å². The third-order valence-electron chi connectivity index (χ3n) is 8.96. The summed E-state index contributed by atoms with van der Waals surface area (Å²) >= 11 is 0. The summed E-state index contributed by atoms with van der Waals surface area (Å²) in [5.41, 5.74) is 4.62. The fraction of sp³-hybridized carbons (Fsp3) is 0.300. The second-order valence-corrected chi connectivity index (χ2v) is 13.7. The maximum absolute atomic E-state index is 12.2. The fourth-order valence-electron chi connectivity index (χ4n) is 6.46. The first-order valence-electron chi connectivity index (χ1n) is 17.5.